The van der Waals surface area contributed by atoms with Gasteiger partial charge in [-0.15, -0.1) is 0 Å². The summed E-state index contributed by atoms with van der Waals surface area (Å²) in [6.45, 7) is 20.6. The van der Waals surface area contributed by atoms with E-state index >= 15 is 0 Å². The van der Waals surface area contributed by atoms with Crippen LogP contribution < -0.4 is 0 Å². The molecule has 1 N–H and O–H groups in total. The average molecular weight is 965 g/mol. The van der Waals surface area contributed by atoms with Gasteiger partial charge in [0.15, 0.2) is 5.60 Å². The molecule has 0 aromatic rings. The number of hydrogen-bond acceptors (Lipinski definition) is 11. The highest BCUT2D eigenvalue weighted by Gasteiger charge is 2.86. The van der Waals surface area contributed by atoms with Crippen LogP contribution in [0.5, 0.6) is 0 Å². The Hall–Kier alpha value is -3.01. The number of hydrogen-bond donors (Lipinski definition) is 1. The van der Waals surface area contributed by atoms with E-state index in [1.807, 2.05) is 34.6 Å². The molecule has 0 saturated carbocycles. The fraction of sp³-hybridized carbons (Fsp3) is 0.905. The quantitative estimate of drug-likeness (QED) is 0.0769. The van der Waals surface area contributed by atoms with Gasteiger partial charge in [-0.1, -0.05) is 70.7 Å². The molecule has 0 amide bonds. The second-order valence-corrected chi connectivity index (χ2v) is 17.7. The molecule has 22 heteroatoms. The molecule has 1 fully saturated rings. The van der Waals surface area contributed by atoms with E-state index in [2.05, 4.69) is 14.2 Å². The van der Waals surface area contributed by atoms with Crippen molar-refractivity contribution in [3.05, 3.63) is 0 Å². The predicted octanol–water partition coefficient (Wildman–Crippen LogP) is 12.0. The first kappa shape index (κ1) is 70.0. The highest BCUT2D eigenvalue weighted by molar-refractivity contribution is 5.77. The van der Waals surface area contributed by atoms with Gasteiger partial charge in [0.2, 0.25) is 11.9 Å². The minimum Gasteiger partial charge on any atom is -0.455 e. The molecule has 3 atom stereocenters. The second kappa shape index (κ2) is 23.6. The van der Waals surface area contributed by atoms with Crippen LogP contribution in [0.25, 0.3) is 0 Å². The lowest BCUT2D eigenvalue weighted by molar-refractivity contribution is -0.410. The van der Waals surface area contributed by atoms with Crippen molar-refractivity contribution in [2.24, 2.45) is 28.1 Å². The van der Waals surface area contributed by atoms with E-state index in [4.69, 9.17) is 14.2 Å². The van der Waals surface area contributed by atoms with Gasteiger partial charge in [-0.25, -0.2) is 0 Å². The van der Waals surface area contributed by atoms with Crippen molar-refractivity contribution in [1.29, 1.82) is 0 Å². The Morgan fingerprint density at radius 3 is 1.31 bits per heavy atom. The number of carbonyl (C=O) groups is 4. The highest BCUT2D eigenvalue weighted by Crippen LogP contribution is 2.57. The molecule has 386 valence electrons. The van der Waals surface area contributed by atoms with Crippen LogP contribution in [-0.4, -0.2) is 96.0 Å². The average Bonchev–Trinajstić information content (AvgIpc) is 3.29. The first-order valence-electron chi connectivity index (χ1n) is 19.1. The number of carbonyl (C=O) groups excluding carboxylic acids is 4. The largest absolute Gasteiger partial charge is 0.462 e. The van der Waals surface area contributed by atoms with E-state index in [0.717, 1.165) is 6.42 Å². The van der Waals surface area contributed by atoms with Crippen molar-refractivity contribution >= 4 is 23.9 Å². The summed E-state index contributed by atoms with van der Waals surface area (Å²) >= 11 is 0. The third-order valence-corrected chi connectivity index (χ3v) is 10.4. The summed E-state index contributed by atoms with van der Waals surface area (Å²) in [6.07, 6.45) is -17.2. The van der Waals surface area contributed by atoms with Gasteiger partial charge in [0.1, 0.15) is 0 Å². The van der Waals surface area contributed by atoms with Crippen molar-refractivity contribution in [1.82, 2.24) is 0 Å². The summed E-state index contributed by atoms with van der Waals surface area (Å²) in [7, 11) is 1.55. The van der Waals surface area contributed by atoms with Crippen LogP contribution in [-0.2, 0) is 47.6 Å². The van der Waals surface area contributed by atoms with Gasteiger partial charge in [0, 0.05) is 13.0 Å². The molecule has 1 aliphatic rings. The van der Waals surface area contributed by atoms with Crippen LogP contribution in [0.1, 0.15) is 152 Å². The maximum Gasteiger partial charge on any atom is 0.462 e. The number of esters is 4. The van der Waals surface area contributed by atoms with E-state index in [1.54, 1.807) is 14.0 Å². The Kier molecular flexibility index (Phi) is 25.9. The van der Waals surface area contributed by atoms with E-state index in [0.29, 0.717) is 20.8 Å². The second-order valence-electron chi connectivity index (χ2n) is 17.7. The normalized spacial score (nSPS) is 19.8. The molecule has 1 aliphatic heterocycles. The van der Waals surface area contributed by atoms with Crippen LogP contribution in [0.2, 0.25) is 0 Å². The van der Waals surface area contributed by atoms with Crippen LogP contribution in [0, 0.1) is 28.1 Å². The van der Waals surface area contributed by atoms with Crippen molar-refractivity contribution in [3.8, 4) is 0 Å². The minimum atomic E-state index is -6.06. The number of methoxy groups -OCH3 is 1. The van der Waals surface area contributed by atoms with Crippen molar-refractivity contribution in [2.45, 2.75) is 206 Å². The van der Waals surface area contributed by atoms with E-state index in [1.165, 1.54) is 48.5 Å². The molecule has 64 heavy (non-hydrogen) atoms. The molecule has 0 radical (unpaired) electrons. The zero-order chi connectivity index (χ0) is 49.6. The molecule has 0 spiro atoms. The van der Waals surface area contributed by atoms with Crippen LogP contribution in [0.15, 0.2) is 0 Å². The Bertz CT molecular complexity index is 1470. The zero-order valence-electron chi connectivity index (χ0n) is 37.7. The number of aliphatic hydroxyl groups is 1. The third-order valence-electron chi connectivity index (χ3n) is 10.4. The predicted molar refractivity (Wildman–Crippen MR) is 216 cm³/mol. The molecular weight excluding hydrogens is 889 g/mol. The maximum absolute atomic E-state index is 14.9. The van der Waals surface area contributed by atoms with E-state index in [9.17, 15) is 72.6 Å². The Balaban J connectivity index is -0.000000277. The van der Waals surface area contributed by atoms with Crippen LogP contribution in [0.4, 0.5) is 48.3 Å². The van der Waals surface area contributed by atoms with Crippen molar-refractivity contribution < 1.29 is 101 Å². The van der Waals surface area contributed by atoms with Crippen LogP contribution in [0.3, 0.4) is 0 Å². The Morgan fingerprint density at radius 2 is 1.02 bits per heavy atom. The Labute approximate surface area is 372 Å². The number of rotatable bonds is 14. The standard InChI is InChI=1S/C16H23F5O5.C12H18F6O3.C11H22O3.3CH4/c1-7-12(4,5)11(23)26-13(6)8-24-15(14(13,17)18,16(19,20)21)25-10(22)9(2)3;1-6-8(2,3)7(19)21-9(4,5)10(20,11(13,14)15)12(16,17)18;1-7-11(4,5)10(12)14-9(13-6)8(2)3;;;/h9H,7-8H2,1-6H3;20H,6H2,1-5H3;8-9H,7H2,1-6H3;3*1H4. The molecule has 3 unspecified atom stereocenters. The molecule has 1 saturated heterocycles. The number of ether oxygens (including phenoxy) is 6. The molecular formula is C42H75F11O11. The van der Waals surface area contributed by atoms with Gasteiger partial charge in [0.25, 0.3) is 5.60 Å². The highest BCUT2D eigenvalue weighted by atomic mass is 19.4. The van der Waals surface area contributed by atoms with Gasteiger partial charge in [-0.3, -0.25) is 19.2 Å². The molecule has 1 heterocycles. The fourth-order valence-electron chi connectivity index (χ4n) is 4.32. The van der Waals surface area contributed by atoms with E-state index in [-0.39, 0.29) is 47.0 Å². The summed E-state index contributed by atoms with van der Waals surface area (Å²) in [6, 6.07) is 0. The van der Waals surface area contributed by atoms with Gasteiger partial charge >= 0.3 is 54.1 Å². The number of halogens is 11. The van der Waals surface area contributed by atoms with Crippen molar-refractivity contribution in [3.63, 3.8) is 0 Å². The summed E-state index contributed by atoms with van der Waals surface area (Å²) in [5.74, 6) is -14.4. The minimum absolute atomic E-state index is 0. The zero-order valence-corrected chi connectivity index (χ0v) is 37.7. The number of alkyl halides is 11. The molecule has 0 aromatic carbocycles. The van der Waals surface area contributed by atoms with Crippen LogP contribution >= 0.6 is 0 Å². The summed E-state index contributed by atoms with van der Waals surface area (Å²) in [5, 5.41) is 9.27. The lowest BCUT2D eigenvalue weighted by Gasteiger charge is -2.44. The molecule has 1 rings (SSSR count). The summed E-state index contributed by atoms with van der Waals surface area (Å²) < 4.78 is 175. The van der Waals surface area contributed by atoms with Gasteiger partial charge in [-0.05, 0) is 81.6 Å². The summed E-state index contributed by atoms with van der Waals surface area (Å²) in [4.78, 5) is 47.2. The first-order valence-corrected chi connectivity index (χ1v) is 19.1. The smallest absolute Gasteiger partial charge is 0.455 e. The van der Waals surface area contributed by atoms with Gasteiger partial charge < -0.3 is 33.5 Å². The summed E-state index contributed by atoms with van der Waals surface area (Å²) in [5.41, 5.74) is -14.3. The topological polar surface area (TPSA) is 144 Å². The Morgan fingerprint density at radius 1 is 0.656 bits per heavy atom. The van der Waals surface area contributed by atoms with Crippen molar-refractivity contribution in [2.75, 3.05) is 13.7 Å². The molecule has 0 aromatic heterocycles. The molecule has 0 bridgehead atoms. The van der Waals surface area contributed by atoms with Gasteiger partial charge in [-0.2, -0.15) is 48.3 Å². The third kappa shape index (κ3) is 15.3. The first-order chi connectivity index (χ1) is 26.8. The maximum atomic E-state index is 14.9. The fourth-order valence-corrected chi connectivity index (χ4v) is 4.32. The monoisotopic (exact) mass is 965 g/mol. The lowest BCUT2D eigenvalue weighted by Crippen LogP contribution is -2.70. The molecule has 11 nitrogen and oxygen atoms in total. The SMILES string of the molecule is C.C.C.CCC(C)(C)C(=O)OC(C)(C)C(O)(C(F)(F)F)C(F)(F)F.CCC(C)(C)C(=O)OC(OC)C(C)C.CCC(C)(C)C(=O)OC1(C)COC(OC(=O)C(C)C)(C(F)(F)F)C1(F)F. The van der Waals surface area contributed by atoms with Gasteiger partial charge in [0.05, 0.1) is 28.8 Å². The lowest BCUT2D eigenvalue weighted by atomic mass is 9.83. The molecule has 0 aliphatic carbocycles. The van der Waals surface area contributed by atoms with E-state index < -0.39 is 100 Å².